The molecule has 1 aromatic heterocycles. The van der Waals surface area contributed by atoms with E-state index in [1.54, 1.807) is 6.92 Å². The molecule has 2 aromatic rings. The van der Waals surface area contributed by atoms with Crippen LogP contribution in [0.5, 0.6) is 0 Å². The maximum Gasteiger partial charge on any atom is 0.265 e. The predicted octanol–water partition coefficient (Wildman–Crippen LogP) is 3.14. The van der Waals surface area contributed by atoms with Crippen molar-refractivity contribution in [2.45, 2.75) is 11.8 Å². The van der Waals surface area contributed by atoms with Gasteiger partial charge in [-0.2, -0.15) is 0 Å². The van der Waals surface area contributed by atoms with Gasteiger partial charge in [0.2, 0.25) is 5.95 Å². The van der Waals surface area contributed by atoms with Crippen molar-refractivity contribution < 1.29 is 12.8 Å². The molecule has 0 saturated carbocycles. The molecule has 5 nitrogen and oxygen atoms in total. The van der Waals surface area contributed by atoms with E-state index >= 15 is 0 Å². The van der Waals surface area contributed by atoms with Crippen molar-refractivity contribution in [1.29, 1.82) is 0 Å². The van der Waals surface area contributed by atoms with Crippen LogP contribution in [0.3, 0.4) is 0 Å². The van der Waals surface area contributed by atoms with Crippen LogP contribution < -0.4 is 4.72 Å². The number of hydrogen-bond acceptors (Lipinski definition) is 4. The van der Waals surface area contributed by atoms with Crippen LogP contribution in [0.25, 0.3) is 0 Å². The number of aryl methyl sites for hydroxylation is 1. The number of anilines is 1. The highest BCUT2D eigenvalue weighted by molar-refractivity contribution is 9.10. The Morgan fingerprint density at radius 1 is 1.30 bits per heavy atom. The lowest BCUT2D eigenvalue weighted by Crippen LogP contribution is -2.16. The van der Waals surface area contributed by atoms with E-state index in [4.69, 9.17) is 11.6 Å². The molecule has 0 atom stereocenters. The third-order valence-electron chi connectivity index (χ3n) is 2.23. The zero-order valence-corrected chi connectivity index (χ0v) is 13.2. The summed E-state index contributed by atoms with van der Waals surface area (Å²) >= 11 is 8.73. The minimum Gasteiger partial charge on any atom is -0.247 e. The molecular formula is C11H8BrClFN3O2S. The van der Waals surface area contributed by atoms with Crippen LogP contribution >= 0.6 is 27.5 Å². The molecular weight excluding hydrogens is 373 g/mol. The van der Waals surface area contributed by atoms with E-state index in [1.165, 1.54) is 6.07 Å². The Labute approximate surface area is 128 Å². The maximum absolute atomic E-state index is 13.0. The fourth-order valence-corrected chi connectivity index (χ4v) is 3.68. The van der Waals surface area contributed by atoms with Crippen molar-refractivity contribution in [3.8, 4) is 0 Å². The number of benzene rings is 1. The van der Waals surface area contributed by atoms with Gasteiger partial charge in [-0.15, -0.1) is 0 Å². The SMILES string of the molecule is Cc1cc(Cl)nc(NS(=O)(=O)c2ccc(F)cc2Br)n1. The maximum atomic E-state index is 13.0. The highest BCUT2D eigenvalue weighted by Crippen LogP contribution is 2.24. The average molecular weight is 381 g/mol. The molecule has 0 aliphatic heterocycles. The molecule has 9 heteroatoms. The monoisotopic (exact) mass is 379 g/mol. The van der Waals surface area contributed by atoms with Crippen molar-refractivity contribution in [2.24, 2.45) is 0 Å². The summed E-state index contributed by atoms with van der Waals surface area (Å²) in [5, 5.41) is 0.119. The quantitative estimate of drug-likeness (QED) is 0.830. The van der Waals surface area contributed by atoms with Crippen molar-refractivity contribution >= 4 is 43.5 Å². The van der Waals surface area contributed by atoms with Crippen LogP contribution in [0.15, 0.2) is 33.6 Å². The lowest BCUT2D eigenvalue weighted by atomic mass is 10.3. The first-order valence-corrected chi connectivity index (χ1v) is 7.92. The molecule has 0 aliphatic carbocycles. The molecule has 0 amide bonds. The number of sulfonamides is 1. The van der Waals surface area contributed by atoms with Gasteiger partial charge in [-0.25, -0.2) is 27.5 Å². The van der Waals surface area contributed by atoms with Crippen molar-refractivity contribution in [2.75, 3.05) is 4.72 Å². The number of nitrogens with one attached hydrogen (secondary N) is 1. The van der Waals surface area contributed by atoms with E-state index in [1.807, 2.05) is 0 Å². The number of aromatic nitrogens is 2. The summed E-state index contributed by atoms with van der Waals surface area (Å²) in [5.41, 5.74) is 0.515. The zero-order valence-electron chi connectivity index (χ0n) is 10.1. The molecule has 1 heterocycles. The van der Waals surface area contributed by atoms with Crippen LogP contribution in [0, 0.1) is 12.7 Å². The lowest BCUT2D eigenvalue weighted by Gasteiger charge is -2.09. The summed E-state index contributed by atoms with van der Waals surface area (Å²) in [7, 11) is -3.94. The molecule has 2 rings (SSSR count). The van der Waals surface area contributed by atoms with Crippen LogP contribution in [0.2, 0.25) is 5.15 Å². The van der Waals surface area contributed by atoms with Gasteiger partial charge in [-0.3, -0.25) is 0 Å². The molecule has 0 bridgehead atoms. The van der Waals surface area contributed by atoms with Gasteiger partial charge in [-0.1, -0.05) is 11.6 Å². The Bertz CT molecular complexity index is 750. The second-order valence-electron chi connectivity index (χ2n) is 3.84. The highest BCUT2D eigenvalue weighted by Gasteiger charge is 2.19. The molecule has 1 aromatic carbocycles. The average Bonchev–Trinajstić information content (AvgIpc) is 2.25. The normalized spacial score (nSPS) is 11.4. The molecule has 20 heavy (non-hydrogen) atoms. The van der Waals surface area contributed by atoms with Crippen molar-refractivity contribution in [3.05, 3.63) is 45.4 Å². The second-order valence-corrected chi connectivity index (χ2v) is 6.73. The fraction of sp³-hybridized carbons (Fsp3) is 0.0909. The number of halogens is 3. The summed E-state index contributed by atoms with van der Waals surface area (Å²) in [6, 6.07) is 4.73. The summed E-state index contributed by atoms with van der Waals surface area (Å²) in [6.45, 7) is 1.65. The third-order valence-corrected chi connectivity index (χ3v) is 4.73. The Morgan fingerprint density at radius 2 is 2.00 bits per heavy atom. The Hall–Kier alpha value is -1.25. The molecule has 0 radical (unpaired) electrons. The van der Waals surface area contributed by atoms with E-state index in [-0.39, 0.29) is 20.5 Å². The van der Waals surface area contributed by atoms with Gasteiger partial charge in [0.15, 0.2) is 0 Å². The first-order chi connectivity index (χ1) is 9.28. The first-order valence-electron chi connectivity index (χ1n) is 5.27. The summed E-state index contributed by atoms with van der Waals surface area (Å²) in [4.78, 5) is 7.56. The highest BCUT2D eigenvalue weighted by atomic mass is 79.9. The Morgan fingerprint density at radius 3 is 2.60 bits per heavy atom. The van der Waals surface area contributed by atoms with Gasteiger partial charge in [-0.05, 0) is 47.1 Å². The summed E-state index contributed by atoms with van der Waals surface area (Å²) in [5.74, 6) is -0.697. The van der Waals surface area contributed by atoms with E-state index in [9.17, 15) is 12.8 Å². The molecule has 0 unspecified atom stereocenters. The van der Waals surface area contributed by atoms with E-state index < -0.39 is 15.8 Å². The van der Waals surface area contributed by atoms with E-state index in [0.29, 0.717) is 5.69 Å². The zero-order chi connectivity index (χ0) is 14.9. The number of rotatable bonds is 3. The molecule has 0 spiro atoms. The van der Waals surface area contributed by atoms with Crippen molar-refractivity contribution in [3.63, 3.8) is 0 Å². The summed E-state index contributed by atoms with van der Waals surface area (Å²) in [6.07, 6.45) is 0. The topological polar surface area (TPSA) is 72.0 Å². The first kappa shape index (κ1) is 15.1. The van der Waals surface area contributed by atoms with Gasteiger partial charge < -0.3 is 0 Å². The van der Waals surface area contributed by atoms with E-state index in [2.05, 4.69) is 30.6 Å². The third kappa shape index (κ3) is 3.44. The Balaban J connectivity index is 2.40. The van der Waals surface area contributed by atoms with Gasteiger partial charge in [0.05, 0.1) is 0 Å². The van der Waals surface area contributed by atoms with Gasteiger partial charge >= 0.3 is 0 Å². The second kappa shape index (κ2) is 5.63. The van der Waals surface area contributed by atoms with E-state index in [0.717, 1.165) is 18.2 Å². The number of hydrogen-bond donors (Lipinski definition) is 1. The fourth-order valence-electron chi connectivity index (χ4n) is 1.44. The molecule has 0 fully saturated rings. The smallest absolute Gasteiger partial charge is 0.247 e. The molecule has 106 valence electrons. The van der Waals surface area contributed by atoms with Gasteiger partial charge in [0, 0.05) is 10.2 Å². The standard InChI is InChI=1S/C11H8BrClFN3O2S/c1-6-4-10(13)16-11(15-6)17-20(18,19)9-3-2-7(14)5-8(9)12/h2-5H,1H3,(H,15,16,17). The predicted molar refractivity (Wildman–Crippen MR) is 76.7 cm³/mol. The lowest BCUT2D eigenvalue weighted by molar-refractivity contribution is 0.598. The van der Waals surface area contributed by atoms with Crippen LogP contribution in [0.4, 0.5) is 10.3 Å². The van der Waals surface area contributed by atoms with Crippen LogP contribution in [-0.2, 0) is 10.0 Å². The minimum atomic E-state index is -3.94. The van der Waals surface area contributed by atoms with Gasteiger partial charge in [0.25, 0.3) is 10.0 Å². The molecule has 1 N–H and O–H groups in total. The largest absolute Gasteiger partial charge is 0.265 e. The van der Waals surface area contributed by atoms with Crippen LogP contribution in [0.1, 0.15) is 5.69 Å². The Kier molecular flexibility index (Phi) is 4.26. The summed E-state index contributed by atoms with van der Waals surface area (Å²) < 4.78 is 39.6. The van der Waals surface area contributed by atoms with Gasteiger partial charge in [0.1, 0.15) is 15.9 Å². The van der Waals surface area contributed by atoms with Crippen LogP contribution in [-0.4, -0.2) is 18.4 Å². The van der Waals surface area contributed by atoms with Crippen molar-refractivity contribution in [1.82, 2.24) is 9.97 Å². The molecule has 0 saturated heterocycles. The number of nitrogens with zero attached hydrogens (tertiary/aromatic N) is 2. The minimum absolute atomic E-state index is 0.101. The molecule has 0 aliphatic rings.